The zero-order valence-corrected chi connectivity index (χ0v) is 16.8. The first-order valence-electron chi connectivity index (χ1n) is 11.8. The molecule has 0 spiro atoms. The molecule has 0 aromatic heterocycles. The maximum absolute atomic E-state index is 2.41. The van der Waals surface area contributed by atoms with Crippen molar-refractivity contribution >= 4 is 0 Å². The zero-order valence-electron chi connectivity index (χ0n) is 16.8. The van der Waals surface area contributed by atoms with Crippen molar-refractivity contribution in [3.63, 3.8) is 0 Å². The molecular weight excluding hydrogens is 288 g/mol. The zero-order chi connectivity index (χ0) is 16.8. The normalized spacial score (nSPS) is 41.2. The topological polar surface area (TPSA) is 0 Å². The molecule has 2 unspecified atom stereocenters. The fourth-order valence-electron chi connectivity index (χ4n) is 6.51. The van der Waals surface area contributed by atoms with Crippen molar-refractivity contribution in [1.29, 1.82) is 0 Å². The average molecular weight is 333 g/mol. The molecule has 0 aromatic rings. The molecule has 3 rings (SSSR count). The Morgan fingerprint density at radius 1 is 0.458 bits per heavy atom. The number of hydrogen-bond acceptors (Lipinski definition) is 0. The maximum atomic E-state index is 2.41. The highest BCUT2D eigenvalue weighted by atomic mass is 14.3. The lowest BCUT2D eigenvalue weighted by Crippen LogP contribution is -2.23. The molecule has 0 aliphatic heterocycles. The summed E-state index contributed by atoms with van der Waals surface area (Å²) in [6.45, 7) is 4.80. The summed E-state index contributed by atoms with van der Waals surface area (Å²) in [7, 11) is 0. The fourth-order valence-corrected chi connectivity index (χ4v) is 6.51. The van der Waals surface area contributed by atoms with Gasteiger partial charge in [-0.05, 0) is 54.8 Å². The molecular formula is C24H44. The predicted octanol–water partition coefficient (Wildman–Crippen LogP) is 8.01. The van der Waals surface area contributed by atoms with Crippen LogP contribution >= 0.6 is 0 Å². The lowest BCUT2D eigenvalue weighted by atomic mass is 9.70. The summed E-state index contributed by atoms with van der Waals surface area (Å²) in [5.41, 5.74) is 0. The second kappa shape index (κ2) is 9.63. The van der Waals surface area contributed by atoms with E-state index in [-0.39, 0.29) is 0 Å². The Morgan fingerprint density at radius 3 is 1.38 bits per heavy atom. The number of hydrogen-bond donors (Lipinski definition) is 0. The molecule has 3 fully saturated rings. The Labute approximate surface area is 152 Å². The van der Waals surface area contributed by atoms with Crippen molar-refractivity contribution in [3.05, 3.63) is 0 Å². The van der Waals surface area contributed by atoms with Crippen LogP contribution in [0.25, 0.3) is 0 Å². The van der Waals surface area contributed by atoms with Gasteiger partial charge in [0.1, 0.15) is 0 Å². The second-order valence-corrected chi connectivity index (χ2v) is 9.96. The van der Waals surface area contributed by atoms with E-state index in [0.717, 1.165) is 35.5 Å². The summed E-state index contributed by atoms with van der Waals surface area (Å²) >= 11 is 0. The van der Waals surface area contributed by atoms with E-state index in [9.17, 15) is 0 Å². The van der Waals surface area contributed by atoms with E-state index >= 15 is 0 Å². The SMILES string of the molecule is CCC1CCC(CC2CCC(CC3CCCC(CC)C3)CC2)CC1. The first kappa shape index (κ1) is 18.8. The number of rotatable bonds is 6. The van der Waals surface area contributed by atoms with Gasteiger partial charge in [-0.1, -0.05) is 97.3 Å². The van der Waals surface area contributed by atoms with Crippen LogP contribution in [0.3, 0.4) is 0 Å². The Morgan fingerprint density at radius 2 is 0.875 bits per heavy atom. The largest absolute Gasteiger partial charge is 0.0651 e. The van der Waals surface area contributed by atoms with Crippen LogP contribution in [0.4, 0.5) is 0 Å². The summed E-state index contributed by atoms with van der Waals surface area (Å²) < 4.78 is 0. The smallest absolute Gasteiger partial charge is 0.0409 e. The third-order valence-electron chi connectivity index (χ3n) is 8.31. The monoisotopic (exact) mass is 332 g/mol. The van der Waals surface area contributed by atoms with Crippen LogP contribution in [0, 0.1) is 35.5 Å². The first-order chi connectivity index (χ1) is 11.8. The quantitative estimate of drug-likeness (QED) is 0.462. The van der Waals surface area contributed by atoms with Crippen LogP contribution in [0.5, 0.6) is 0 Å². The molecule has 0 bridgehead atoms. The van der Waals surface area contributed by atoms with Gasteiger partial charge in [0.25, 0.3) is 0 Å². The molecule has 24 heavy (non-hydrogen) atoms. The van der Waals surface area contributed by atoms with Gasteiger partial charge in [-0.3, -0.25) is 0 Å². The Kier molecular flexibility index (Phi) is 7.54. The van der Waals surface area contributed by atoms with E-state index in [0.29, 0.717) is 0 Å². The van der Waals surface area contributed by atoms with Gasteiger partial charge < -0.3 is 0 Å². The van der Waals surface area contributed by atoms with E-state index in [1.165, 1.54) is 38.5 Å². The van der Waals surface area contributed by atoms with E-state index in [4.69, 9.17) is 0 Å². The Balaban J connectivity index is 1.32. The van der Waals surface area contributed by atoms with Crippen LogP contribution in [0.1, 0.15) is 117 Å². The summed E-state index contributed by atoms with van der Waals surface area (Å²) in [4.78, 5) is 0. The first-order valence-corrected chi connectivity index (χ1v) is 11.8. The molecule has 0 N–H and O–H groups in total. The Hall–Kier alpha value is 0. The molecule has 0 radical (unpaired) electrons. The summed E-state index contributed by atoms with van der Waals surface area (Å²) in [5.74, 6) is 6.52. The molecule has 2 atom stereocenters. The van der Waals surface area contributed by atoms with E-state index in [1.54, 1.807) is 64.2 Å². The molecule has 140 valence electrons. The van der Waals surface area contributed by atoms with Gasteiger partial charge in [-0.25, -0.2) is 0 Å². The molecule has 0 aromatic carbocycles. The molecule has 0 saturated heterocycles. The van der Waals surface area contributed by atoms with Crippen molar-refractivity contribution < 1.29 is 0 Å². The van der Waals surface area contributed by atoms with Crippen LogP contribution < -0.4 is 0 Å². The molecule has 0 heteroatoms. The third-order valence-corrected chi connectivity index (χ3v) is 8.31. The highest BCUT2D eigenvalue weighted by molar-refractivity contribution is 4.81. The highest BCUT2D eigenvalue weighted by Gasteiger charge is 2.29. The lowest BCUT2D eigenvalue weighted by Gasteiger charge is -2.36. The van der Waals surface area contributed by atoms with Crippen molar-refractivity contribution in [2.75, 3.05) is 0 Å². The molecule has 3 aliphatic rings. The van der Waals surface area contributed by atoms with Gasteiger partial charge in [-0.15, -0.1) is 0 Å². The molecule has 0 heterocycles. The summed E-state index contributed by atoms with van der Waals surface area (Å²) in [6, 6.07) is 0. The van der Waals surface area contributed by atoms with E-state index in [1.807, 2.05) is 0 Å². The summed E-state index contributed by atoms with van der Waals surface area (Å²) in [5, 5.41) is 0. The van der Waals surface area contributed by atoms with E-state index < -0.39 is 0 Å². The van der Waals surface area contributed by atoms with Gasteiger partial charge in [0, 0.05) is 0 Å². The van der Waals surface area contributed by atoms with Gasteiger partial charge in [0.05, 0.1) is 0 Å². The van der Waals surface area contributed by atoms with Gasteiger partial charge in [0.15, 0.2) is 0 Å². The highest BCUT2D eigenvalue weighted by Crippen LogP contribution is 2.42. The molecule has 3 saturated carbocycles. The minimum Gasteiger partial charge on any atom is -0.0651 e. The van der Waals surface area contributed by atoms with Crippen LogP contribution in [-0.4, -0.2) is 0 Å². The van der Waals surface area contributed by atoms with Gasteiger partial charge >= 0.3 is 0 Å². The summed E-state index contributed by atoms with van der Waals surface area (Å²) in [6.07, 6.45) is 24.7. The fraction of sp³-hybridized carbons (Fsp3) is 1.00. The van der Waals surface area contributed by atoms with Crippen molar-refractivity contribution in [3.8, 4) is 0 Å². The van der Waals surface area contributed by atoms with Crippen LogP contribution in [0.2, 0.25) is 0 Å². The Bertz CT molecular complexity index is 330. The minimum absolute atomic E-state index is 1.07. The molecule has 0 amide bonds. The lowest BCUT2D eigenvalue weighted by molar-refractivity contribution is 0.160. The predicted molar refractivity (Wildman–Crippen MR) is 106 cm³/mol. The van der Waals surface area contributed by atoms with Crippen molar-refractivity contribution in [1.82, 2.24) is 0 Å². The van der Waals surface area contributed by atoms with Gasteiger partial charge in [0.2, 0.25) is 0 Å². The second-order valence-electron chi connectivity index (χ2n) is 9.96. The van der Waals surface area contributed by atoms with E-state index in [2.05, 4.69) is 13.8 Å². The average Bonchev–Trinajstić information content (AvgIpc) is 2.64. The standard InChI is InChI=1S/C24H44/c1-3-19-8-10-21(11-9-19)17-22-12-14-23(15-13-22)18-24-7-5-6-20(4-2)16-24/h19-24H,3-18H2,1-2H3. The van der Waals surface area contributed by atoms with Crippen molar-refractivity contribution in [2.45, 2.75) is 117 Å². The molecule has 3 aliphatic carbocycles. The molecule has 0 nitrogen and oxygen atoms in total. The van der Waals surface area contributed by atoms with Gasteiger partial charge in [-0.2, -0.15) is 0 Å². The van der Waals surface area contributed by atoms with Crippen molar-refractivity contribution in [2.24, 2.45) is 35.5 Å². The third kappa shape index (κ3) is 5.50. The maximum Gasteiger partial charge on any atom is -0.0409 e. The van der Waals surface area contributed by atoms with Crippen LogP contribution in [-0.2, 0) is 0 Å². The minimum atomic E-state index is 1.07. The van der Waals surface area contributed by atoms with Crippen LogP contribution in [0.15, 0.2) is 0 Å².